The first-order valence-corrected chi connectivity index (χ1v) is 6.10. The molecule has 100 valence electrons. The lowest BCUT2D eigenvalue weighted by molar-refractivity contribution is 0.408. The maximum atomic E-state index is 12.8. The molecule has 1 aromatic carbocycles. The van der Waals surface area contributed by atoms with Crippen molar-refractivity contribution in [2.75, 3.05) is 0 Å². The largest absolute Gasteiger partial charge is 0.493 e. The highest BCUT2D eigenvalue weighted by Crippen LogP contribution is 2.20. The number of hydrogen-bond acceptors (Lipinski definition) is 4. The molecule has 0 unspecified atom stereocenters. The molecule has 2 rings (SSSR count). The van der Waals surface area contributed by atoms with E-state index in [2.05, 4.69) is 4.98 Å². The molecule has 1 N–H and O–H groups in total. The van der Waals surface area contributed by atoms with Crippen LogP contribution in [-0.2, 0) is 6.42 Å². The van der Waals surface area contributed by atoms with Gasteiger partial charge in [0.25, 0.3) is 0 Å². The van der Waals surface area contributed by atoms with Crippen LogP contribution in [0, 0.1) is 5.82 Å². The van der Waals surface area contributed by atoms with Crippen molar-refractivity contribution in [3.8, 4) is 17.3 Å². The zero-order chi connectivity index (χ0) is 13.8. The normalized spacial score (nSPS) is 10.6. The van der Waals surface area contributed by atoms with E-state index in [-0.39, 0.29) is 17.3 Å². The number of unbranched alkanes of at least 4 members (excludes halogenated alkanes) is 1. The Hall–Kier alpha value is -2.17. The van der Waals surface area contributed by atoms with E-state index in [1.807, 2.05) is 6.92 Å². The second-order valence-corrected chi connectivity index (χ2v) is 4.22. The Kier molecular flexibility index (Phi) is 3.94. The SMILES string of the molecule is CCCCc1c(O)nc(-c2ccc(F)cc2)oc1=O. The molecule has 0 bridgehead atoms. The number of rotatable bonds is 4. The average molecular weight is 263 g/mol. The smallest absolute Gasteiger partial charge is 0.346 e. The predicted octanol–water partition coefficient (Wildman–Crippen LogP) is 2.89. The molecule has 0 saturated heterocycles. The molecule has 0 amide bonds. The molecule has 2 aromatic rings. The van der Waals surface area contributed by atoms with Gasteiger partial charge in [-0.1, -0.05) is 13.3 Å². The van der Waals surface area contributed by atoms with Gasteiger partial charge >= 0.3 is 5.63 Å². The minimum absolute atomic E-state index is 0.0113. The summed E-state index contributed by atoms with van der Waals surface area (Å²) >= 11 is 0. The van der Waals surface area contributed by atoms with Crippen LogP contribution < -0.4 is 5.63 Å². The summed E-state index contributed by atoms with van der Waals surface area (Å²) in [4.78, 5) is 15.6. The van der Waals surface area contributed by atoms with Crippen molar-refractivity contribution >= 4 is 0 Å². The van der Waals surface area contributed by atoms with Gasteiger partial charge in [0.15, 0.2) is 0 Å². The molecule has 1 aromatic heterocycles. The Morgan fingerprint density at radius 1 is 1.32 bits per heavy atom. The van der Waals surface area contributed by atoms with Crippen LogP contribution in [0.2, 0.25) is 0 Å². The van der Waals surface area contributed by atoms with Gasteiger partial charge in [-0.05, 0) is 37.1 Å². The lowest BCUT2D eigenvalue weighted by Gasteiger charge is -2.04. The second-order valence-electron chi connectivity index (χ2n) is 4.22. The lowest BCUT2D eigenvalue weighted by atomic mass is 10.1. The summed E-state index contributed by atoms with van der Waals surface area (Å²) in [6, 6.07) is 5.34. The van der Waals surface area contributed by atoms with Crippen molar-refractivity contribution in [1.29, 1.82) is 0 Å². The van der Waals surface area contributed by atoms with Crippen LogP contribution in [0.25, 0.3) is 11.5 Å². The Balaban J connectivity index is 2.39. The Bertz CT molecular complexity index is 620. The molecule has 0 fully saturated rings. The molecule has 0 aliphatic heterocycles. The number of aromatic nitrogens is 1. The standard InChI is InChI=1S/C14H14FNO3/c1-2-3-4-11-12(17)16-13(19-14(11)18)9-5-7-10(15)8-6-9/h5-8,17H,2-4H2,1H3. The highest BCUT2D eigenvalue weighted by Gasteiger charge is 2.13. The fourth-order valence-corrected chi connectivity index (χ4v) is 1.71. The molecule has 1 heterocycles. The van der Waals surface area contributed by atoms with Crippen LogP contribution in [0.3, 0.4) is 0 Å². The second kappa shape index (κ2) is 5.65. The van der Waals surface area contributed by atoms with E-state index in [0.717, 1.165) is 12.8 Å². The van der Waals surface area contributed by atoms with Crippen LogP contribution >= 0.6 is 0 Å². The van der Waals surface area contributed by atoms with E-state index in [1.54, 1.807) is 0 Å². The van der Waals surface area contributed by atoms with Crippen LogP contribution in [0.1, 0.15) is 25.3 Å². The molecule has 0 radical (unpaired) electrons. The summed E-state index contributed by atoms with van der Waals surface area (Å²) in [6.07, 6.45) is 2.11. The van der Waals surface area contributed by atoms with Crippen molar-refractivity contribution in [2.24, 2.45) is 0 Å². The zero-order valence-corrected chi connectivity index (χ0v) is 10.5. The van der Waals surface area contributed by atoms with Gasteiger partial charge in [-0.25, -0.2) is 9.18 Å². The van der Waals surface area contributed by atoms with Gasteiger partial charge in [-0.15, -0.1) is 0 Å². The number of hydrogen-bond donors (Lipinski definition) is 1. The van der Waals surface area contributed by atoms with Crippen LogP contribution in [0.5, 0.6) is 5.88 Å². The average Bonchev–Trinajstić information content (AvgIpc) is 2.38. The van der Waals surface area contributed by atoms with E-state index >= 15 is 0 Å². The first-order chi connectivity index (χ1) is 9.11. The van der Waals surface area contributed by atoms with Gasteiger partial charge in [0.1, 0.15) is 5.82 Å². The van der Waals surface area contributed by atoms with Crippen molar-refractivity contribution in [2.45, 2.75) is 26.2 Å². The van der Waals surface area contributed by atoms with E-state index in [0.29, 0.717) is 12.0 Å². The van der Waals surface area contributed by atoms with Gasteiger partial charge in [-0.2, -0.15) is 4.98 Å². The van der Waals surface area contributed by atoms with Crippen molar-refractivity contribution < 1.29 is 13.9 Å². The van der Waals surface area contributed by atoms with Gasteiger partial charge in [-0.3, -0.25) is 0 Å². The number of benzene rings is 1. The number of aromatic hydroxyl groups is 1. The molecule has 4 nitrogen and oxygen atoms in total. The molecular weight excluding hydrogens is 249 g/mol. The molecule has 0 spiro atoms. The summed E-state index contributed by atoms with van der Waals surface area (Å²) in [5, 5.41) is 9.77. The Labute approximate surface area is 109 Å². The third kappa shape index (κ3) is 2.99. The monoisotopic (exact) mass is 263 g/mol. The molecule has 0 aliphatic rings. The molecule has 0 atom stereocenters. The Morgan fingerprint density at radius 3 is 2.58 bits per heavy atom. The first-order valence-electron chi connectivity index (χ1n) is 6.10. The van der Waals surface area contributed by atoms with Crippen molar-refractivity contribution in [3.05, 3.63) is 46.1 Å². The maximum Gasteiger partial charge on any atom is 0.346 e. The third-order valence-corrected chi connectivity index (χ3v) is 2.78. The fourth-order valence-electron chi connectivity index (χ4n) is 1.71. The van der Waals surface area contributed by atoms with E-state index in [1.165, 1.54) is 24.3 Å². The summed E-state index contributed by atoms with van der Waals surface area (Å²) in [5.74, 6) is -0.721. The molecular formula is C14H14FNO3. The van der Waals surface area contributed by atoms with Crippen molar-refractivity contribution in [3.63, 3.8) is 0 Å². The highest BCUT2D eigenvalue weighted by atomic mass is 19.1. The fraction of sp³-hybridized carbons (Fsp3) is 0.286. The van der Waals surface area contributed by atoms with Crippen LogP contribution in [0.4, 0.5) is 4.39 Å². The molecule has 0 aliphatic carbocycles. The molecule has 0 saturated carbocycles. The first kappa shape index (κ1) is 13.3. The topological polar surface area (TPSA) is 63.3 Å². The highest BCUT2D eigenvalue weighted by molar-refractivity contribution is 5.53. The van der Waals surface area contributed by atoms with Gasteiger partial charge < -0.3 is 9.52 Å². The van der Waals surface area contributed by atoms with Crippen LogP contribution in [0.15, 0.2) is 33.5 Å². The minimum atomic E-state index is -0.597. The van der Waals surface area contributed by atoms with Crippen molar-refractivity contribution in [1.82, 2.24) is 4.98 Å². The summed E-state index contributed by atoms with van der Waals surface area (Å²) in [5.41, 5.74) is 0.0313. The van der Waals surface area contributed by atoms with E-state index in [9.17, 15) is 14.3 Å². The zero-order valence-electron chi connectivity index (χ0n) is 10.5. The summed E-state index contributed by atoms with van der Waals surface area (Å²) in [6.45, 7) is 1.99. The summed E-state index contributed by atoms with van der Waals surface area (Å²) < 4.78 is 17.9. The van der Waals surface area contributed by atoms with Gasteiger partial charge in [0.2, 0.25) is 11.8 Å². The molecule has 19 heavy (non-hydrogen) atoms. The molecule has 5 heteroatoms. The summed E-state index contributed by atoms with van der Waals surface area (Å²) in [7, 11) is 0. The van der Waals surface area contributed by atoms with Crippen LogP contribution in [-0.4, -0.2) is 10.1 Å². The van der Waals surface area contributed by atoms with Gasteiger partial charge in [0.05, 0.1) is 5.56 Å². The van der Waals surface area contributed by atoms with E-state index < -0.39 is 11.4 Å². The quantitative estimate of drug-likeness (QED) is 0.921. The third-order valence-electron chi connectivity index (χ3n) is 2.78. The predicted molar refractivity (Wildman–Crippen MR) is 68.4 cm³/mol. The minimum Gasteiger partial charge on any atom is -0.493 e. The maximum absolute atomic E-state index is 12.8. The van der Waals surface area contributed by atoms with Gasteiger partial charge in [0, 0.05) is 5.56 Å². The number of halogens is 1. The Morgan fingerprint density at radius 2 is 2.00 bits per heavy atom. The number of nitrogens with zero attached hydrogens (tertiary/aromatic N) is 1. The lowest BCUT2D eigenvalue weighted by Crippen LogP contribution is -2.10. The van der Waals surface area contributed by atoms with E-state index in [4.69, 9.17) is 4.42 Å².